The third-order valence-electron chi connectivity index (χ3n) is 2.82. The molecule has 0 fully saturated rings. The van der Waals surface area contributed by atoms with Crippen molar-refractivity contribution in [3.05, 3.63) is 36.4 Å². The van der Waals surface area contributed by atoms with Crippen LogP contribution in [0.3, 0.4) is 0 Å². The van der Waals surface area contributed by atoms with Gasteiger partial charge in [0.1, 0.15) is 11.6 Å². The first kappa shape index (κ1) is 11.3. The maximum Gasteiger partial charge on any atom is 0.159 e. The number of ether oxygens (including phenoxy) is 1. The van der Waals surface area contributed by atoms with Crippen molar-refractivity contribution < 1.29 is 4.74 Å². The zero-order chi connectivity index (χ0) is 13.2. The molecule has 0 amide bonds. The molecule has 0 bridgehead atoms. The lowest BCUT2D eigenvalue weighted by Gasteiger charge is -2.06. The highest BCUT2D eigenvalue weighted by atomic mass is 16.5. The Morgan fingerprint density at radius 1 is 1.16 bits per heavy atom. The third kappa shape index (κ3) is 2.15. The lowest BCUT2D eigenvalue weighted by Crippen LogP contribution is -1.94. The number of pyridine rings is 1. The first-order chi connectivity index (χ1) is 9.26. The van der Waals surface area contributed by atoms with Gasteiger partial charge in [-0.1, -0.05) is 0 Å². The molecule has 1 aromatic carbocycles. The van der Waals surface area contributed by atoms with Crippen LogP contribution < -0.4 is 15.8 Å². The average molecular weight is 255 g/mol. The second-order valence-corrected chi connectivity index (χ2v) is 4.06. The third-order valence-corrected chi connectivity index (χ3v) is 2.82. The number of aromatic nitrogens is 3. The quantitative estimate of drug-likeness (QED) is 0.668. The number of H-pyrrole nitrogens is 1. The highest BCUT2D eigenvalue weighted by Gasteiger charge is 2.04. The molecule has 2 aromatic heterocycles. The summed E-state index contributed by atoms with van der Waals surface area (Å²) in [5.41, 5.74) is 7.29. The number of hydrogen-bond donors (Lipinski definition) is 3. The Labute approximate surface area is 109 Å². The maximum atomic E-state index is 5.69. The molecule has 0 unspecified atom stereocenters. The first-order valence-corrected chi connectivity index (χ1v) is 5.78. The predicted octanol–water partition coefficient (Wildman–Crippen LogP) is 2.29. The Bertz CT molecular complexity index is 705. The molecule has 0 aliphatic heterocycles. The van der Waals surface area contributed by atoms with Crippen LogP contribution >= 0.6 is 0 Å². The largest absolute Gasteiger partial charge is 0.497 e. The summed E-state index contributed by atoms with van der Waals surface area (Å²) < 4.78 is 5.11. The van der Waals surface area contributed by atoms with E-state index in [1.165, 1.54) is 0 Å². The van der Waals surface area contributed by atoms with E-state index in [1.54, 1.807) is 7.11 Å². The van der Waals surface area contributed by atoms with E-state index in [4.69, 9.17) is 10.5 Å². The molecule has 6 heteroatoms. The SMILES string of the molecule is COc1ccc(Nc2ccc3c(N)n[nH]c3n2)cc1. The van der Waals surface area contributed by atoms with Crippen LogP contribution in [-0.2, 0) is 0 Å². The highest BCUT2D eigenvalue weighted by Crippen LogP contribution is 2.22. The minimum absolute atomic E-state index is 0.457. The summed E-state index contributed by atoms with van der Waals surface area (Å²) in [6.07, 6.45) is 0. The van der Waals surface area contributed by atoms with Crippen LogP contribution in [-0.4, -0.2) is 22.3 Å². The van der Waals surface area contributed by atoms with Gasteiger partial charge >= 0.3 is 0 Å². The summed E-state index contributed by atoms with van der Waals surface area (Å²) in [4.78, 5) is 4.39. The summed E-state index contributed by atoms with van der Waals surface area (Å²) in [5, 5.41) is 10.7. The first-order valence-electron chi connectivity index (χ1n) is 5.78. The molecule has 0 spiro atoms. The van der Waals surface area contributed by atoms with Crippen molar-refractivity contribution in [2.75, 3.05) is 18.2 Å². The van der Waals surface area contributed by atoms with E-state index in [2.05, 4.69) is 20.5 Å². The number of anilines is 3. The number of nitrogens with zero attached hydrogens (tertiary/aromatic N) is 2. The van der Waals surface area contributed by atoms with Gasteiger partial charge in [0.05, 0.1) is 12.5 Å². The number of benzene rings is 1. The Hall–Kier alpha value is -2.76. The average Bonchev–Trinajstić information content (AvgIpc) is 2.81. The van der Waals surface area contributed by atoms with Crippen molar-refractivity contribution >= 4 is 28.4 Å². The van der Waals surface area contributed by atoms with Crippen molar-refractivity contribution in [2.45, 2.75) is 0 Å². The van der Waals surface area contributed by atoms with Crippen molar-refractivity contribution in [2.24, 2.45) is 0 Å². The zero-order valence-corrected chi connectivity index (χ0v) is 10.3. The summed E-state index contributed by atoms with van der Waals surface area (Å²) in [5.74, 6) is 2.00. The van der Waals surface area contributed by atoms with Gasteiger partial charge in [0.25, 0.3) is 0 Å². The zero-order valence-electron chi connectivity index (χ0n) is 10.3. The van der Waals surface area contributed by atoms with Crippen molar-refractivity contribution in [3.63, 3.8) is 0 Å². The van der Waals surface area contributed by atoms with E-state index in [0.717, 1.165) is 22.6 Å². The fourth-order valence-electron chi connectivity index (χ4n) is 1.82. The van der Waals surface area contributed by atoms with Gasteiger partial charge in [-0.2, -0.15) is 5.10 Å². The molecule has 3 rings (SSSR count). The molecule has 0 saturated heterocycles. The summed E-state index contributed by atoms with van der Waals surface area (Å²) in [6.45, 7) is 0. The number of aromatic amines is 1. The van der Waals surface area contributed by atoms with Gasteiger partial charge in [-0.15, -0.1) is 0 Å². The molecule has 0 aliphatic carbocycles. The number of nitrogen functional groups attached to an aromatic ring is 1. The molecule has 0 atom stereocenters. The van der Waals surface area contributed by atoms with E-state index >= 15 is 0 Å². The lowest BCUT2D eigenvalue weighted by atomic mass is 10.3. The van der Waals surface area contributed by atoms with Crippen LogP contribution in [0.2, 0.25) is 0 Å². The number of methoxy groups -OCH3 is 1. The predicted molar refractivity (Wildman–Crippen MR) is 74.6 cm³/mol. The van der Waals surface area contributed by atoms with E-state index in [0.29, 0.717) is 11.5 Å². The Morgan fingerprint density at radius 2 is 1.95 bits per heavy atom. The number of fused-ring (bicyclic) bond motifs is 1. The highest BCUT2D eigenvalue weighted by molar-refractivity contribution is 5.87. The lowest BCUT2D eigenvalue weighted by molar-refractivity contribution is 0.415. The number of nitrogens with one attached hydrogen (secondary N) is 2. The summed E-state index contributed by atoms with van der Waals surface area (Å²) in [7, 11) is 1.64. The van der Waals surface area contributed by atoms with Crippen molar-refractivity contribution in [3.8, 4) is 5.75 Å². The van der Waals surface area contributed by atoms with Crippen molar-refractivity contribution in [1.29, 1.82) is 0 Å². The number of rotatable bonds is 3. The van der Waals surface area contributed by atoms with Gasteiger partial charge in [-0.3, -0.25) is 5.10 Å². The van der Waals surface area contributed by atoms with Gasteiger partial charge in [-0.25, -0.2) is 4.98 Å². The molecule has 0 saturated carbocycles. The van der Waals surface area contributed by atoms with Crippen LogP contribution in [0.15, 0.2) is 36.4 Å². The molecule has 19 heavy (non-hydrogen) atoms. The fraction of sp³-hybridized carbons (Fsp3) is 0.0769. The Balaban J connectivity index is 1.87. The standard InChI is InChI=1S/C13H13N5O/c1-19-9-4-2-8(3-5-9)15-11-7-6-10-12(14)17-18-13(10)16-11/h2-7H,1H3,(H4,14,15,16,17,18). The molecule has 2 heterocycles. The second kappa shape index (κ2) is 4.49. The Morgan fingerprint density at radius 3 is 2.68 bits per heavy atom. The van der Waals surface area contributed by atoms with Crippen LogP contribution in [0.5, 0.6) is 5.75 Å². The maximum absolute atomic E-state index is 5.69. The topological polar surface area (TPSA) is 88.9 Å². The normalized spacial score (nSPS) is 10.6. The molecule has 6 nitrogen and oxygen atoms in total. The molecule has 0 aliphatic rings. The number of nitrogens with two attached hydrogens (primary N) is 1. The molecular weight excluding hydrogens is 242 g/mol. The summed E-state index contributed by atoms with van der Waals surface area (Å²) in [6, 6.07) is 11.4. The fourth-order valence-corrected chi connectivity index (χ4v) is 1.82. The van der Waals surface area contributed by atoms with E-state index in [9.17, 15) is 0 Å². The molecular formula is C13H13N5O. The monoisotopic (exact) mass is 255 g/mol. The van der Waals surface area contributed by atoms with E-state index < -0.39 is 0 Å². The van der Waals surface area contributed by atoms with Crippen LogP contribution in [0, 0.1) is 0 Å². The second-order valence-electron chi connectivity index (χ2n) is 4.06. The molecule has 4 N–H and O–H groups in total. The van der Waals surface area contributed by atoms with E-state index in [-0.39, 0.29) is 0 Å². The van der Waals surface area contributed by atoms with Crippen LogP contribution in [0.4, 0.5) is 17.3 Å². The smallest absolute Gasteiger partial charge is 0.159 e. The van der Waals surface area contributed by atoms with E-state index in [1.807, 2.05) is 36.4 Å². The summed E-state index contributed by atoms with van der Waals surface area (Å²) >= 11 is 0. The van der Waals surface area contributed by atoms with Gasteiger partial charge in [0, 0.05) is 5.69 Å². The van der Waals surface area contributed by atoms with Gasteiger partial charge in [-0.05, 0) is 36.4 Å². The molecule has 3 aromatic rings. The van der Waals surface area contributed by atoms with Crippen molar-refractivity contribution in [1.82, 2.24) is 15.2 Å². The van der Waals surface area contributed by atoms with Crippen LogP contribution in [0.1, 0.15) is 0 Å². The van der Waals surface area contributed by atoms with Gasteiger partial charge in [0.2, 0.25) is 0 Å². The Kier molecular flexibility index (Phi) is 2.68. The minimum atomic E-state index is 0.457. The van der Waals surface area contributed by atoms with Crippen LogP contribution in [0.25, 0.3) is 11.0 Å². The minimum Gasteiger partial charge on any atom is -0.497 e. The van der Waals surface area contributed by atoms with Gasteiger partial charge in [0.15, 0.2) is 11.5 Å². The molecule has 0 radical (unpaired) electrons. The molecule has 96 valence electrons. The number of hydrogen-bond acceptors (Lipinski definition) is 5. The van der Waals surface area contributed by atoms with Gasteiger partial charge < -0.3 is 15.8 Å².